The minimum absolute atomic E-state index is 0.0236. The van der Waals surface area contributed by atoms with Gasteiger partial charge in [-0.25, -0.2) is 0 Å². The summed E-state index contributed by atoms with van der Waals surface area (Å²) in [6.07, 6.45) is 0.866. The van der Waals surface area contributed by atoms with Gasteiger partial charge >= 0.3 is 0 Å². The van der Waals surface area contributed by atoms with Gasteiger partial charge in [0, 0.05) is 0 Å². The highest BCUT2D eigenvalue weighted by molar-refractivity contribution is 5.15. The highest BCUT2D eigenvalue weighted by Gasteiger charge is 2.35. The number of ether oxygens (including phenoxy) is 3. The van der Waals surface area contributed by atoms with Crippen LogP contribution in [0, 0.1) is 0 Å². The van der Waals surface area contributed by atoms with Gasteiger partial charge in [0.25, 0.3) is 0 Å². The summed E-state index contributed by atoms with van der Waals surface area (Å²) in [7, 11) is 0. The molecule has 0 aromatic heterocycles. The smallest absolute Gasteiger partial charge is 0.102 e. The Hall–Kier alpha value is -2.50. The molecule has 4 rings (SSSR count). The summed E-state index contributed by atoms with van der Waals surface area (Å²) < 4.78 is 18.8. The number of hydrogen-bond donors (Lipinski definition) is 1. The van der Waals surface area contributed by atoms with E-state index >= 15 is 0 Å². The molecule has 0 aliphatic carbocycles. The molecule has 3 atom stereocenters. The van der Waals surface area contributed by atoms with Crippen molar-refractivity contribution in [3.63, 3.8) is 0 Å². The molecule has 1 fully saturated rings. The summed E-state index contributed by atoms with van der Waals surface area (Å²) >= 11 is 0. The second-order valence-electron chi connectivity index (χ2n) is 7.95. The maximum Gasteiger partial charge on any atom is 0.102 e. The van der Waals surface area contributed by atoms with Crippen LogP contribution in [0.3, 0.4) is 0 Å². The Morgan fingerprint density at radius 2 is 1.16 bits per heavy atom. The minimum atomic E-state index is -0.0755. The van der Waals surface area contributed by atoms with Crippen molar-refractivity contribution in [3.05, 3.63) is 108 Å². The molecule has 0 radical (unpaired) electrons. The molecule has 3 aromatic rings. The van der Waals surface area contributed by atoms with E-state index in [0.29, 0.717) is 26.4 Å². The van der Waals surface area contributed by atoms with Crippen molar-refractivity contribution in [1.29, 1.82) is 0 Å². The van der Waals surface area contributed by atoms with Gasteiger partial charge in [-0.1, -0.05) is 91.0 Å². The first-order chi connectivity index (χ1) is 15.4. The predicted molar refractivity (Wildman–Crippen MR) is 123 cm³/mol. The number of benzene rings is 3. The Labute approximate surface area is 185 Å². The Balaban J connectivity index is 1.38. The second kappa shape index (κ2) is 11.8. The number of hydrogen-bond acceptors (Lipinski definition) is 4. The van der Waals surface area contributed by atoms with E-state index in [4.69, 9.17) is 14.2 Å². The molecule has 1 saturated heterocycles. The van der Waals surface area contributed by atoms with Crippen molar-refractivity contribution in [2.75, 3.05) is 13.2 Å². The van der Waals surface area contributed by atoms with Gasteiger partial charge in [0.2, 0.25) is 0 Å². The summed E-state index contributed by atoms with van der Waals surface area (Å²) in [5.74, 6) is 0. The van der Waals surface area contributed by atoms with E-state index in [1.165, 1.54) is 16.7 Å². The topological polar surface area (TPSA) is 39.7 Å². The van der Waals surface area contributed by atoms with E-state index in [-0.39, 0.29) is 18.2 Å². The zero-order valence-corrected chi connectivity index (χ0v) is 17.9. The molecule has 4 heteroatoms. The van der Waals surface area contributed by atoms with Crippen molar-refractivity contribution in [1.82, 2.24) is 5.32 Å². The van der Waals surface area contributed by atoms with Crippen molar-refractivity contribution < 1.29 is 14.2 Å². The zero-order chi connectivity index (χ0) is 21.1. The van der Waals surface area contributed by atoms with E-state index in [1.54, 1.807) is 0 Å². The molecule has 3 aromatic carbocycles. The van der Waals surface area contributed by atoms with Crippen LogP contribution >= 0.6 is 0 Å². The molecule has 0 amide bonds. The van der Waals surface area contributed by atoms with Gasteiger partial charge in [-0.15, -0.1) is 0 Å². The first-order valence-corrected chi connectivity index (χ1v) is 11.0. The predicted octanol–water partition coefficient (Wildman–Crippen LogP) is 4.74. The van der Waals surface area contributed by atoms with Crippen LogP contribution in [0.1, 0.15) is 23.1 Å². The van der Waals surface area contributed by atoms with Gasteiger partial charge in [-0.05, 0) is 29.7 Å². The largest absolute Gasteiger partial charge is 0.375 e. The molecule has 0 unspecified atom stereocenters. The van der Waals surface area contributed by atoms with Crippen LogP contribution in [0.5, 0.6) is 0 Å². The third-order valence-electron chi connectivity index (χ3n) is 5.60. The SMILES string of the molecule is c1ccc(COC[C@H]2NCC[C@@H](OCc3ccccc3)[C@@H]2OCc2ccccc2)cc1. The lowest BCUT2D eigenvalue weighted by Gasteiger charge is -2.38. The number of piperidine rings is 1. The Bertz CT molecular complexity index is 873. The van der Waals surface area contributed by atoms with E-state index in [2.05, 4.69) is 41.7 Å². The van der Waals surface area contributed by atoms with Crippen LogP contribution in [-0.4, -0.2) is 31.4 Å². The molecule has 4 nitrogen and oxygen atoms in total. The lowest BCUT2D eigenvalue weighted by atomic mass is 9.98. The van der Waals surface area contributed by atoms with Crippen LogP contribution < -0.4 is 5.32 Å². The maximum absolute atomic E-state index is 6.42. The fraction of sp³-hybridized carbons (Fsp3) is 0.333. The summed E-state index contributed by atoms with van der Waals surface area (Å²) in [4.78, 5) is 0. The lowest BCUT2D eigenvalue weighted by Crippen LogP contribution is -2.56. The molecule has 162 valence electrons. The Morgan fingerprint density at radius 3 is 1.74 bits per heavy atom. The quantitative estimate of drug-likeness (QED) is 0.517. The third-order valence-corrected chi connectivity index (χ3v) is 5.60. The summed E-state index contributed by atoms with van der Waals surface area (Å²) in [5, 5.41) is 3.59. The van der Waals surface area contributed by atoms with Crippen molar-refractivity contribution in [2.24, 2.45) is 0 Å². The van der Waals surface area contributed by atoms with Gasteiger partial charge in [0.05, 0.1) is 38.6 Å². The van der Waals surface area contributed by atoms with E-state index in [9.17, 15) is 0 Å². The third kappa shape index (κ3) is 6.74. The van der Waals surface area contributed by atoms with E-state index < -0.39 is 0 Å². The van der Waals surface area contributed by atoms with Crippen LogP contribution in [0.2, 0.25) is 0 Å². The number of rotatable bonds is 10. The molecular formula is C27H31NO3. The monoisotopic (exact) mass is 417 g/mol. The maximum atomic E-state index is 6.42. The fourth-order valence-electron chi connectivity index (χ4n) is 3.93. The van der Waals surface area contributed by atoms with Gasteiger partial charge in [0.15, 0.2) is 0 Å². The summed E-state index contributed by atoms with van der Waals surface area (Å²) in [6, 6.07) is 31.0. The van der Waals surface area contributed by atoms with E-state index in [0.717, 1.165) is 13.0 Å². The molecular weight excluding hydrogens is 386 g/mol. The summed E-state index contributed by atoms with van der Waals surface area (Å²) in [6.45, 7) is 3.23. The standard InChI is InChI=1S/C27H31NO3/c1-4-10-22(11-5-1)18-29-21-25-27(31-20-24-14-8-3-9-15-24)26(16-17-28-25)30-19-23-12-6-2-7-13-23/h1-15,25-28H,16-21H2/t25-,26-,27-/m1/s1. The normalized spacial score (nSPS) is 21.1. The second-order valence-corrected chi connectivity index (χ2v) is 7.95. The highest BCUT2D eigenvalue weighted by Crippen LogP contribution is 2.21. The van der Waals surface area contributed by atoms with E-state index in [1.807, 2.05) is 54.6 Å². The van der Waals surface area contributed by atoms with Crippen LogP contribution in [0.25, 0.3) is 0 Å². The molecule has 1 N–H and O–H groups in total. The van der Waals surface area contributed by atoms with Crippen molar-refractivity contribution in [2.45, 2.75) is 44.5 Å². The molecule has 1 heterocycles. The molecule has 0 spiro atoms. The Morgan fingerprint density at radius 1 is 0.645 bits per heavy atom. The van der Waals surface area contributed by atoms with Crippen molar-refractivity contribution in [3.8, 4) is 0 Å². The zero-order valence-electron chi connectivity index (χ0n) is 17.9. The van der Waals surface area contributed by atoms with Gasteiger partial charge in [-0.3, -0.25) is 0 Å². The minimum Gasteiger partial charge on any atom is -0.375 e. The van der Waals surface area contributed by atoms with Crippen LogP contribution in [0.15, 0.2) is 91.0 Å². The first-order valence-electron chi connectivity index (χ1n) is 11.0. The number of nitrogens with one attached hydrogen (secondary N) is 1. The molecule has 1 aliphatic rings. The average Bonchev–Trinajstić information content (AvgIpc) is 2.84. The molecule has 31 heavy (non-hydrogen) atoms. The summed E-state index contributed by atoms with van der Waals surface area (Å²) in [5.41, 5.74) is 3.52. The van der Waals surface area contributed by atoms with Crippen molar-refractivity contribution >= 4 is 0 Å². The Kier molecular flexibility index (Phi) is 8.25. The average molecular weight is 418 g/mol. The molecule has 1 aliphatic heterocycles. The highest BCUT2D eigenvalue weighted by atomic mass is 16.5. The van der Waals surface area contributed by atoms with Gasteiger partial charge < -0.3 is 19.5 Å². The lowest BCUT2D eigenvalue weighted by molar-refractivity contribution is -0.125. The fourth-order valence-corrected chi connectivity index (χ4v) is 3.93. The molecule has 0 bridgehead atoms. The van der Waals surface area contributed by atoms with Gasteiger partial charge in [-0.2, -0.15) is 0 Å². The van der Waals surface area contributed by atoms with Crippen LogP contribution in [-0.2, 0) is 34.0 Å². The first kappa shape index (κ1) is 21.7. The van der Waals surface area contributed by atoms with Crippen LogP contribution in [0.4, 0.5) is 0 Å². The molecule has 0 saturated carbocycles. The van der Waals surface area contributed by atoms with Gasteiger partial charge in [0.1, 0.15) is 6.10 Å².